The van der Waals surface area contributed by atoms with Crippen molar-refractivity contribution in [2.75, 3.05) is 13.2 Å². The van der Waals surface area contributed by atoms with Gasteiger partial charge in [-0.25, -0.2) is 0 Å². The number of rotatable bonds is 12. The number of hydrogen-bond acceptors (Lipinski definition) is 3. The molecular weight excluding hydrogens is 584 g/mol. The zero-order valence-corrected chi connectivity index (χ0v) is 23.8. The van der Waals surface area contributed by atoms with Crippen LogP contribution in [0.15, 0.2) is 81.7 Å². The number of carbonyl (C=O) groups is 2. The number of carbonyl (C=O) groups excluding carboxylic acids is 2. The van der Waals surface area contributed by atoms with E-state index >= 15 is 0 Å². The molecule has 5 nitrogen and oxygen atoms in total. The summed E-state index contributed by atoms with van der Waals surface area (Å²) in [5, 5.41) is 2.99. The van der Waals surface area contributed by atoms with Crippen LogP contribution in [0.2, 0.25) is 0 Å². The van der Waals surface area contributed by atoms with Crippen molar-refractivity contribution in [3.8, 4) is 5.75 Å². The molecule has 0 bridgehead atoms. The van der Waals surface area contributed by atoms with Gasteiger partial charge in [0.25, 0.3) is 5.91 Å². The Labute approximate surface area is 230 Å². The summed E-state index contributed by atoms with van der Waals surface area (Å²) in [5.41, 5.74) is 3.08. The Hall–Kier alpha value is -2.64. The Bertz CT molecular complexity index is 1150. The van der Waals surface area contributed by atoms with Crippen LogP contribution in [0.25, 0.3) is 0 Å². The molecule has 0 spiro atoms. The van der Waals surface area contributed by atoms with Crippen molar-refractivity contribution < 1.29 is 14.3 Å². The highest BCUT2D eigenvalue weighted by molar-refractivity contribution is 9.10. The van der Waals surface area contributed by atoms with Crippen LogP contribution < -0.4 is 10.1 Å². The van der Waals surface area contributed by atoms with Gasteiger partial charge in [-0.1, -0.05) is 78.3 Å². The van der Waals surface area contributed by atoms with Gasteiger partial charge in [-0.15, -0.1) is 0 Å². The van der Waals surface area contributed by atoms with Gasteiger partial charge in [0.2, 0.25) is 5.91 Å². The van der Waals surface area contributed by atoms with Gasteiger partial charge in [-0.2, -0.15) is 0 Å². The Morgan fingerprint density at radius 3 is 2.33 bits per heavy atom. The zero-order chi connectivity index (χ0) is 25.9. The number of nitrogens with zero attached hydrogens (tertiary/aromatic N) is 1. The Balaban J connectivity index is 1.89. The number of aryl methyl sites for hydroxylation is 1. The molecule has 0 unspecified atom stereocenters. The molecule has 3 aromatic rings. The Kier molecular flexibility index (Phi) is 11.0. The van der Waals surface area contributed by atoms with Crippen molar-refractivity contribution >= 4 is 43.7 Å². The molecule has 0 aliphatic heterocycles. The first kappa shape index (κ1) is 27.9. The van der Waals surface area contributed by atoms with Crippen molar-refractivity contribution in [3.05, 3.63) is 98.4 Å². The van der Waals surface area contributed by atoms with E-state index in [-0.39, 0.29) is 25.0 Å². The fraction of sp³-hybridized carbons (Fsp3) is 0.310. The maximum absolute atomic E-state index is 13.6. The predicted octanol–water partition coefficient (Wildman–Crippen LogP) is 6.32. The average Bonchev–Trinajstić information content (AvgIpc) is 2.89. The van der Waals surface area contributed by atoms with Crippen LogP contribution in [-0.4, -0.2) is 35.9 Å². The van der Waals surface area contributed by atoms with E-state index in [0.717, 1.165) is 32.9 Å². The zero-order valence-electron chi connectivity index (χ0n) is 20.7. The second-order valence-electron chi connectivity index (χ2n) is 8.56. The summed E-state index contributed by atoms with van der Waals surface area (Å²) in [7, 11) is 0. The number of ether oxygens (including phenoxy) is 1. The molecule has 0 heterocycles. The molecule has 0 aliphatic carbocycles. The van der Waals surface area contributed by atoms with Gasteiger partial charge in [0.15, 0.2) is 6.61 Å². The Morgan fingerprint density at radius 2 is 1.67 bits per heavy atom. The molecule has 0 radical (unpaired) electrons. The molecule has 1 atom stereocenters. The number of benzene rings is 3. The van der Waals surface area contributed by atoms with Crippen LogP contribution >= 0.6 is 31.9 Å². The van der Waals surface area contributed by atoms with Gasteiger partial charge in [0, 0.05) is 24.0 Å². The average molecular weight is 616 g/mol. The maximum Gasteiger partial charge on any atom is 0.261 e. The van der Waals surface area contributed by atoms with E-state index in [4.69, 9.17) is 4.74 Å². The Morgan fingerprint density at radius 1 is 0.917 bits per heavy atom. The number of hydrogen-bond donors (Lipinski definition) is 1. The summed E-state index contributed by atoms with van der Waals surface area (Å²) >= 11 is 7.05. The minimum atomic E-state index is -0.681. The van der Waals surface area contributed by atoms with Crippen molar-refractivity contribution in [2.45, 2.75) is 45.7 Å². The standard InChI is InChI=1S/C29H32Br2N2O3/c1-3-15-32-29(35)26(18-22-9-6-5-7-10-22)33(19-23-11-8-12-24(30)16-23)28(34)20-36-27-14-13-21(4-2)17-25(27)31/h5-14,16-17,26H,3-4,15,18-20H2,1-2H3,(H,32,35)/t26-/m0/s1. The van der Waals surface area contributed by atoms with E-state index in [1.165, 1.54) is 5.56 Å². The highest BCUT2D eigenvalue weighted by Crippen LogP contribution is 2.26. The molecule has 0 fully saturated rings. The number of halogens is 2. The van der Waals surface area contributed by atoms with Gasteiger partial charge in [-0.05, 0) is 69.7 Å². The topological polar surface area (TPSA) is 58.6 Å². The molecule has 7 heteroatoms. The lowest BCUT2D eigenvalue weighted by atomic mass is 10.0. The summed E-state index contributed by atoms with van der Waals surface area (Å²) in [6.07, 6.45) is 2.13. The second kappa shape index (κ2) is 14.2. The molecule has 3 rings (SSSR count). The summed E-state index contributed by atoms with van der Waals surface area (Å²) in [6, 6.07) is 22.7. The number of nitrogens with one attached hydrogen (secondary N) is 1. The first-order chi connectivity index (χ1) is 17.4. The summed E-state index contributed by atoms with van der Waals surface area (Å²) in [5.74, 6) is 0.171. The molecule has 0 saturated heterocycles. The van der Waals surface area contributed by atoms with Gasteiger partial charge in [-0.3, -0.25) is 9.59 Å². The molecule has 3 aromatic carbocycles. The third kappa shape index (κ3) is 8.20. The van der Waals surface area contributed by atoms with Gasteiger partial charge < -0.3 is 15.0 Å². The molecule has 0 aromatic heterocycles. The summed E-state index contributed by atoms with van der Waals surface area (Å²) in [4.78, 5) is 28.6. The molecule has 0 aliphatic rings. The molecule has 190 valence electrons. The number of amides is 2. The first-order valence-electron chi connectivity index (χ1n) is 12.2. The highest BCUT2D eigenvalue weighted by Gasteiger charge is 2.30. The second-order valence-corrected chi connectivity index (χ2v) is 10.3. The predicted molar refractivity (Wildman–Crippen MR) is 151 cm³/mol. The lowest BCUT2D eigenvalue weighted by Crippen LogP contribution is -2.51. The molecule has 36 heavy (non-hydrogen) atoms. The van der Waals surface area contributed by atoms with Crippen LogP contribution in [0, 0.1) is 0 Å². The molecular formula is C29H32Br2N2O3. The minimum Gasteiger partial charge on any atom is -0.483 e. The van der Waals surface area contributed by atoms with Crippen LogP contribution in [0.1, 0.15) is 37.0 Å². The van der Waals surface area contributed by atoms with Crippen molar-refractivity contribution in [1.29, 1.82) is 0 Å². The maximum atomic E-state index is 13.6. The summed E-state index contributed by atoms with van der Waals surface area (Å²) in [6.45, 7) is 4.75. The van der Waals surface area contributed by atoms with Crippen molar-refractivity contribution in [2.24, 2.45) is 0 Å². The van der Waals surface area contributed by atoms with Gasteiger partial charge >= 0.3 is 0 Å². The van der Waals surface area contributed by atoms with Crippen LogP contribution in [0.5, 0.6) is 5.75 Å². The lowest BCUT2D eigenvalue weighted by molar-refractivity contribution is -0.142. The van der Waals surface area contributed by atoms with E-state index in [2.05, 4.69) is 44.1 Å². The van der Waals surface area contributed by atoms with E-state index < -0.39 is 6.04 Å². The van der Waals surface area contributed by atoms with Crippen molar-refractivity contribution in [3.63, 3.8) is 0 Å². The molecule has 2 amide bonds. The monoisotopic (exact) mass is 614 g/mol. The van der Waals surface area contributed by atoms with E-state index in [1.54, 1.807) is 4.90 Å². The van der Waals surface area contributed by atoms with E-state index in [1.807, 2.05) is 79.7 Å². The minimum absolute atomic E-state index is 0.169. The third-order valence-corrected chi connectivity index (χ3v) is 6.93. The van der Waals surface area contributed by atoms with Gasteiger partial charge in [0.1, 0.15) is 11.8 Å². The largest absolute Gasteiger partial charge is 0.483 e. The lowest BCUT2D eigenvalue weighted by Gasteiger charge is -2.31. The van der Waals surface area contributed by atoms with Crippen molar-refractivity contribution in [1.82, 2.24) is 10.2 Å². The SMILES string of the molecule is CCCNC(=O)[C@H](Cc1ccccc1)N(Cc1cccc(Br)c1)C(=O)COc1ccc(CC)cc1Br. The van der Waals surface area contributed by atoms with E-state index in [0.29, 0.717) is 18.7 Å². The summed E-state index contributed by atoms with van der Waals surface area (Å²) < 4.78 is 7.64. The van der Waals surface area contributed by atoms with Crippen LogP contribution in [0.4, 0.5) is 0 Å². The fourth-order valence-electron chi connectivity index (χ4n) is 3.86. The smallest absolute Gasteiger partial charge is 0.261 e. The first-order valence-corrected chi connectivity index (χ1v) is 13.8. The highest BCUT2D eigenvalue weighted by atomic mass is 79.9. The third-order valence-electron chi connectivity index (χ3n) is 5.82. The molecule has 1 N–H and O–H groups in total. The van der Waals surface area contributed by atoms with Crippen LogP contribution in [-0.2, 0) is 29.0 Å². The molecule has 0 saturated carbocycles. The van der Waals surface area contributed by atoms with Crippen LogP contribution in [0.3, 0.4) is 0 Å². The normalized spacial score (nSPS) is 11.6. The van der Waals surface area contributed by atoms with E-state index in [9.17, 15) is 9.59 Å². The van der Waals surface area contributed by atoms with Gasteiger partial charge in [0.05, 0.1) is 4.47 Å². The quantitative estimate of drug-likeness (QED) is 0.259. The fourth-order valence-corrected chi connectivity index (χ4v) is 4.84.